The van der Waals surface area contributed by atoms with Crippen LogP contribution >= 0.6 is 0 Å². The number of sulfonamides is 1. The lowest BCUT2D eigenvalue weighted by Crippen LogP contribution is -2.40. The highest BCUT2D eigenvalue weighted by molar-refractivity contribution is 7.89. The van der Waals surface area contributed by atoms with Crippen molar-refractivity contribution >= 4 is 10.0 Å². The fourth-order valence-electron chi connectivity index (χ4n) is 1.95. The van der Waals surface area contributed by atoms with E-state index in [1.165, 1.54) is 0 Å². The normalized spacial score (nSPS) is 21.1. The van der Waals surface area contributed by atoms with Gasteiger partial charge in [-0.05, 0) is 19.8 Å². The van der Waals surface area contributed by atoms with Crippen LogP contribution in [0.4, 0.5) is 0 Å². The van der Waals surface area contributed by atoms with E-state index in [4.69, 9.17) is 4.74 Å². The SMILES string of the molecule is Cc1[nH]nc(S(=O)(=O)NC2CCCOC2)c1CO. The summed E-state index contributed by atoms with van der Waals surface area (Å²) >= 11 is 0. The lowest BCUT2D eigenvalue weighted by Gasteiger charge is -2.22. The minimum absolute atomic E-state index is 0.131. The van der Waals surface area contributed by atoms with E-state index in [-0.39, 0.29) is 17.7 Å². The van der Waals surface area contributed by atoms with Gasteiger partial charge in [-0.1, -0.05) is 0 Å². The maximum absolute atomic E-state index is 12.1. The van der Waals surface area contributed by atoms with Crippen molar-refractivity contribution in [2.45, 2.75) is 37.4 Å². The summed E-state index contributed by atoms with van der Waals surface area (Å²) in [5, 5.41) is 15.4. The van der Waals surface area contributed by atoms with Crippen LogP contribution in [0.1, 0.15) is 24.1 Å². The number of hydrogen-bond donors (Lipinski definition) is 3. The third-order valence-corrected chi connectivity index (χ3v) is 4.42. The Labute approximate surface area is 106 Å². The third kappa shape index (κ3) is 2.72. The monoisotopic (exact) mass is 275 g/mol. The summed E-state index contributed by atoms with van der Waals surface area (Å²) in [4.78, 5) is 0. The number of aryl methyl sites for hydroxylation is 1. The smallest absolute Gasteiger partial charge is 0.260 e. The molecule has 1 unspecified atom stereocenters. The molecule has 0 saturated carbocycles. The number of aromatic amines is 1. The molecule has 18 heavy (non-hydrogen) atoms. The van der Waals surface area contributed by atoms with Crippen LogP contribution in [0.25, 0.3) is 0 Å². The van der Waals surface area contributed by atoms with Crippen molar-refractivity contribution in [2.24, 2.45) is 0 Å². The summed E-state index contributed by atoms with van der Waals surface area (Å²) in [6.07, 6.45) is 1.58. The van der Waals surface area contributed by atoms with Crippen LogP contribution in [0.3, 0.4) is 0 Å². The molecule has 1 atom stereocenters. The predicted octanol–water partition coefficient (Wildman–Crippen LogP) is -0.332. The highest BCUT2D eigenvalue weighted by Crippen LogP contribution is 2.17. The topological polar surface area (TPSA) is 104 Å². The molecule has 0 spiro atoms. The zero-order valence-electron chi connectivity index (χ0n) is 10.1. The summed E-state index contributed by atoms with van der Waals surface area (Å²) in [6.45, 7) is 2.35. The Hall–Kier alpha value is -0.960. The van der Waals surface area contributed by atoms with Crippen molar-refractivity contribution in [2.75, 3.05) is 13.2 Å². The fraction of sp³-hybridized carbons (Fsp3) is 0.700. The summed E-state index contributed by atoms with van der Waals surface area (Å²) in [7, 11) is -3.71. The Kier molecular flexibility index (Phi) is 4.00. The molecule has 0 aliphatic carbocycles. The molecule has 1 aliphatic heterocycles. The second-order valence-corrected chi connectivity index (χ2v) is 5.96. The van der Waals surface area contributed by atoms with Gasteiger partial charge in [0.15, 0.2) is 5.03 Å². The molecule has 102 valence electrons. The lowest BCUT2D eigenvalue weighted by molar-refractivity contribution is 0.0774. The quantitative estimate of drug-likeness (QED) is 0.698. The minimum Gasteiger partial charge on any atom is -0.392 e. The summed E-state index contributed by atoms with van der Waals surface area (Å²) < 4.78 is 32.0. The van der Waals surface area contributed by atoms with Crippen LogP contribution in [-0.2, 0) is 21.4 Å². The molecule has 0 aromatic carbocycles. The highest BCUT2D eigenvalue weighted by Gasteiger charge is 2.27. The molecular formula is C10H17N3O4S. The number of rotatable bonds is 4. The van der Waals surface area contributed by atoms with Crippen molar-refractivity contribution in [3.63, 3.8) is 0 Å². The van der Waals surface area contributed by atoms with E-state index in [0.717, 1.165) is 12.8 Å². The van der Waals surface area contributed by atoms with E-state index in [9.17, 15) is 13.5 Å². The summed E-state index contributed by atoms with van der Waals surface area (Å²) in [6, 6.07) is -0.229. The van der Waals surface area contributed by atoms with Gasteiger partial charge in [-0.2, -0.15) is 5.10 Å². The molecule has 8 heteroatoms. The Bertz CT molecular complexity index is 505. The van der Waals surface area contributed by atoms with E-state index < -0.39 is 10.0 Å². The van der Waals surface area contributed by atoms with Crippen molar-refractivity contribution < 1.29 is 18.3 Å². The Morgan fingerprint density at radius 3 is 3.00 bits per heavy atom. The third-order valence-electron chi connectivity index (χ3n) is 2.93. The van der Waals surface area contributed by atoms with Gasteiger partial charge in [0.05, 0.1) is 13.2 Å². The first kappa shape index (κ1) is 13.5. The minimum atomic E-state index is -3.71. The van der Waals surface area contributed by atoms with Gasteiger partial charge in [0, 0.05) is 23.9 Å². The van der Waals surface area contributed by atoms with Crippen LogP contribution in [0.15, 0.2) is 5.03 Å². The number of ether oxygens (including phenoxy) is 1. The molecule has 1 saturated heterocycles. The van der Waals surface area contributed by atoms with Crippen LogP contribution in [-0.4, -0.2) is 43.0 Å². The van der Waals surface area contributed by atoms with Crippen LogP contribution in [0.5, 0.6) is 0 Å². The molecule has 2 heterocycles. The maximum atomic E-state index is 12.1. The average Bonchev–Trinajstić information content (AvgIpc) is 2.72. The summed E-state index contributed by atoms with van der Waals surface area (Å²) in [5.74, 6) is 0. The van der Waals surface area contributed by atoms with Gasteiger partial charge in [0.2, 0.25) is 0 Å². The first-order valence-corrected chi connectivity index (χ1v) is 7.27. The van der Waals surface area contributed by atoms with Gasteiger partial charge in [0.25, 0.3) is 10.0 Å². The maximum Gasteiger partial charge on any atom is 0.260 e. The van der Waals surface area contributed by atoms with Gasteiger partial charge in [-0.15, -0.1) is 0 Å². The van der Waals surface area contributed by atoms with Gasteiger partial charge in [-0.25, -0.2) is 13.1 Å². The van der Waals surface area contributed by atoms with Crippen LogP contribution < -0.4 is 4.72 Å². The number of nitrogens with zero attached hydrogens (tertiary/aromatic N) is 1. The van der Waals surface area contributed by atoms with Gasteiger partial charge >= 0.3 is 0 Å². The largest absolute Gasteiger partial charge is 0.392 e. The highest BCUT2D eigenvalue weighted by atomic mass is 32.2. The van der Waals surface area contributed by atoms with Crippen molar-refractivity contribution in [1.29, 1.82) is 0 Å². The van der Waals surface area contributed by atoms with Crippen molar-refractivity contribution in [3.05, 3.63) is 11.3 Å². The molecule has 3 N–H and O–H groups in total. The molecule has 1 fully saturated rings. The molecule has 7 nitrogen and oxygen atoms in total. The van der Waals surface area contributed by atoms with E-state index in [0.29, 0.717) is 24.5 Å². The van der Waals surface area contributed by atoms with Gasteiger partial charge in [-0.3, -0.25) is 5.10 Å². The number of aliphatic hydroxyl groups excluding tert-OH is 1. The number of nitrogens with one attached hydrogen (secondary N) is 2. The number of H-pyrrole nitrogens is 1. The number of hydrogen-bond acceptors (Lipinski definition) is 5. The Morgan fingerprint density at radius 1 is 1.61 bits per heavy atom. The molecule has 1 aromatic rings. The first-order chi connectivity index (χ1) is 8.54. The summed E-state index contributed by atoms with van der Waals surface area (Å²) in [5.41, 5.74) is 0.858. The Balaban J connectivity index is 2.19. The standard InChI is InChI=1S/C10H17N3O4S/c1-7-9(5-14)10(12-11-7)18(15,16)13-8-3-2-4-17-6-8/h8,13-14H,2-6H2,1H3,(H,11,12). The number of aliphatic hydroxyl groups is 1. The van der Waals surface area contributed by atoms with Gasteiger partial charge in [0.1, 0.15) is 0 Å². The molecule has 0 bridgehead atoms. The van der Waals surface area contributed by atoms with E-state index >= 15 is 0 Å². The lowest BCUT2D eigenvalue weighted by atomic mass is 10.1. The molecular weight excluding hydrogens is 258 g/mol. The molecule has 0 amide bonds. The van der Waals surface area contributed by atoms with Crippen molar-refractivity contribution in [3.8, 4) is 0 Å². The Morgan fingerprint density at radius 2 is 2.39 bits per heavy atom. The molecule has 1 aromatic heterocycles. The first-order valence-electron chi connectivity index (χ1n) is 5.79. The second-order valence-electron chi connectivity index (χ2n) is 4.33. The van der Waals surface area contributed by atoms with Gasteiger partial charge < -0.3 is 9.84 Å². The molecule has 1 aliphatic rings. The van der Waals surface area contributed by atoms with Crippen LogP contribution in [0.2, 0.25) is 0 Å². The number of aromatic nitrogens is 2. The predicted molar refractivity (Wildman–Crippen MR) is 63.4 cm³/mol. The zero-order chi connectivity index (χ0) is 13.2. The van der Waals surface area contributed by atoms with E-state index in [2.05, 4.69) is 14.9 Å². The zero-order valence-corrected chi connectivity index (χ0v) is 11.0. The fourth-order valence-corrected chi connectivity index (χ4v) is 3.39. The van der Waals surface area contributed by atoms with Crippen LogP contribution in [0, 0.1) is 6.92 Å². The van der Waals surface area contributed by atoms with E-state index in [1.807, 2.05) is 0 Å². The molecule has 2 rings (SSSR count). The molecule has 0 radical (unpaired) electrons. The average molecular weight is 275 g/mol. The second kappa shape index (κ2) is 5.35. The van der Waals surface area contributed by atoms with Crippen molar-refractivity contribution in [1.82, 2.24) is 14.9 Å². The van der Waals surface area contributed by atoms with E-state index in [1.54, 1.807) is 6.92 Å².